The Morgan fingerprint density at radius 2 is 1.91 bits per heavy atom. The van der Waals surface area contributed by atoms with Gasteiger partial charge in [0.05, 0.1) is 17.7 Å². The average Bonchev–Trinajstić information content (AvgIpc) is 2.74. The van der Waals surface area contributed by atoms with Crippen molar-refractivity contribution >= 4 is 51.2 Å². The van der Waals surface area contributed by atoms with Gasteiger partial charge in [-0.15, -0.1) is 11.8 Å². The summed E-state index contributed by atoms with van der Waals surface area (Å²) >= 11 is 3.52. The molecule has 0 aliphatic carbocycles. The fourth-order valence-corrected chi connectivity index (χ4v) is 5.32. The van der Waals surface area contributed by atoms with E-state index in [9.17, 15) is 22.8 Å². The van der Waals surface area contributed by atoms with Crippen molar-refractivity contribution in [3.63, 3.8) is 0 Å². The molecule has 1 aromatic heterocycles. The highest BCUT2D eigenvalue weighted by molar-refractivity contribution is 14.1. The van der Waals surface area contributed by atoms with Gasteiger partial charge >= 0.3 is 12.1 Å². The summed E-state index contributed by atoms with van der Waals surface area (Å²) in [5.74, 6) is 0.544. The first kappa shape index (κ1) is 27.0. The van der Waals surface area contributed by atoms with Crippen LogP contribution >= 0.6 is 34.4 Å². The van der Waals surface area contributed by atoms with E-state index in [2.05, 4.69) is 22.6 Å². The zero-order valence-corrected chi connectivity index (χ0v) is 21.3. The molecule has 0 aliphatic heterocycles. The monoisotopic (exact) mass is 583 g/mol. The van der Waals surface area contributed by atoms with Gasteiger partial charge in [-0.3, -0.25) is 9.59 Å². The second kappa shape index (κ2) is 12.9. The maximum absolute atomic E-state index is 13.5. The molecule has 0 fully saturated rings. The minimum Gasteiger partial charge on any atom is -0.465 e. The van der Waals surface area contributed by atoms with Crippen molar-refractivity contribution < 1.29 is 22.7 Å². The zero-order valence-electron chi connectivity index (χ0n) is 18.3. The number of hydrogen-bond acceptors (Lipinski definition) is 4. The quantitative estimate of drug-likeness (QED) is 0.0903. The summed E-state index contributed by atoms with van der Waals surface area (Å²) in [7, 11) is 0. The number of benzene rings is 1. The van der Waals surface area contributed by atoms with Crippen LogP contribution in [0.25, 0.3) is 10.9 Å². The highest BCUT2D eigenvalue weighted by Gasteiger charge is 2.34. The Morgan fingerprint density at radius 3 is 2.56 bits per heavy atom. The Morgan fingerprint density at radius 1 is 1.19 bits per heavy atom. The molecular weight excluding hydrogens is 554 g/mol. The van der Waals surface area contributed by atoms with Gasteiger partial charge in [0.1, 0.15) is 3.92 Å². The van der Waals surface area contributed by atoms with Crippen LogP contribution in [-0.4, -0.2) is 26.8 Å². The lowest BCUT2D eigenvalue weighted by atomic mass is 10.1. The van der Waals surface area contributed by atoms with Gasteiger partial charge in [-0.05, 0) is 38.0 Å². The largest absolute Gasteiger partial charge is 0.465 e. The number of nitrogens with zero attached hydrogens (tertiary/aromatic N) is 1. The number of unbranched alkanes of at least 4 members (excludes halogenated alkanes) is 3. The van der Waals surface area contributed by atoms with Crippen LogP contribution in [0, 0.1) is 0 Å². The highest BCUT2D eigenvalue weighted by Crippen LogP contribution is 2.37. The van der Waals surface area contributed by atoms with E-state index < -0.39 is 17.3 Å². The highest BCUT2D eigenvalue weighted by atomic mass is 127. The number of esters is 1. The summed E-state index contributed by atoms with van der Waals surface area (Å²) in [6.07, 6.45) is 0.717. The summed E-state index contributed by atoms with van der Waals surface area (Å²) in [6.45, 7) is 4.29. The first-order valence-corrected chi connectivity index (χ1v) is 13.1. The Labute approximate surface area is 204 Å². The average molecular weight is 583 g/mol. The maximum Gasteiger partial charge on any atom is 0.418 e. The number of aromatic nitrogens is 1. The Kier molecular flexibility index (Phi) is 10.9. The van der Waals surface area contributed by atoms with E-state index in [4.69, 9.17) is 4.74 Å². The molecule has 178 valence electrons. The van der Waals surface area contributed by atoms with Crippen LogP contribution < -0.4 is 5.56 Å². The fraction of sp³-hybridized carbons (Fsp3) is 0.565. The molecule has 1 unspecified atom stereocenters. The molecule has 2 aromatic rings. The topological polar surface area (TPSA) is 48.3 Å². The Balaban J connectivity index is 1.92. The summed E-state index contributed by atoms with van der Waals surface area (Å²) in [6, 6.07) is 5.50. The maximum atomic E-state index is 13.5. The molecule has 32 heavy (non-hydrogen) atoms. The first-order valence-electron chi connectivity index (χ1n) is 10.9. The number of pyridine rings is 1. The molecule has 0 N–H and O–H groups in total. The molecule has 2 rings (SSSR count). The van der Waals surface area contributed by atoms with E-state index in [1.807, 2.05) is 6.92 Å². The number of carbonyl (C=O) groups excluding carboxylic acids is 1. The molecule has 0 aliphatic rings. The lowest BCUT2D eigenvalue weighted by molar-refractivity contribution is -0.142. The molecule has 1 aromatic carbocycles. The number of para-hydroxylation sites is 1. The summed E-state index contributed by atoms with van der Waals surface area (Å²) in [5, 5.41) is 0.457. The third-order valence-corrected chi connectivity index (χ3v) is 7.32. The number of ether oxygens (including phenoxy) is 1. The number of rotatable bonds is 12. The molecule has 0 saturated heterocycles. The van der Waals surface area contributed by atoms with Gasteiger partial charge < -0.3 is 9.30 Å². The van der Waals surface area contributed by atoms with Gasteiger partial charge in [0.15, 0.2) is 0 Å². The van der Waals surface area contributed by atoms with Crippen molar-refractivity contribution in [3.8, 4) is 0 Å². The number of halogens is 4. The lowest BCUT2D eigenvalue weighted by Crippen LogP contribution is -2.22. The van der Waals surface area contributed by atoms with Crippen LogP contribution in [-0.2, 0) is 22.3 Å². The van der Waals surface area contributed by atoms with Gasteiger partial charge in [0, 0.05) is 22.9 Å². The molecule has 0 radical (unpaired) electrons. The minimum absolute atomic E-state index is 0.0454. The number of hydrogen-bond donors (Lipinski definition) is 0. The van der Waals surface area contributed by atoms with Crippen molar-refractivity contribution in [2.45, 2.75) is 73.9 Å². The van der Waals surface area contributed by atoms with E-state index in [-0.39, 0.29) is 22.0 Å². The van der Waals surface area contributed by atoms with E-state index in [0.29, 0.717) is 22.6 Å². The van der Waals surface area contributed by atoms with Crippen LogP contribution in [0.2, 0.25) is 0 Å². The van der Waals surface area contributed by atoms with Crippen molar-refractivity contribution in [2.24, 2.45) is 0 Å². The zero-order chi connectivity index (χ0) is 23.7. The van der Waals surface area contributed by atoms with Gasteiger partial charge in [-0.2, -0.15) is 13.2 Å². The van der Waals surface area contributed by atoms with Crippen LogP contribution in [0.1, 0.15) is 57.9 Å². The van der Waals surface area contributed by atoms with Crippen LogP contribution in [0.15, 0.2) is 34.0 Å². The molecule has 9 heteroatoms. The second-order valence-corrected chi connectivity index (χ2v) is 10.1. The number of fused-ring (bicyclic) bond motifs is 1. The predicted octanol–water partition coefficient (Wildman–Crippen LogP) is 6.84. The number of alkyl halides is 4. The summed E-state index contributed by atoms with van der Waals surface area (Å²) < 4.78 is 47.0. The second-order valence-electron chi connectivity index (χ2n) is 7.48. The minimum atomic E-state index is -4.52. The van der Waals surface area contributed by atoms with Crippen molar-refractivity contribution in [1.29, 1.82) is 0 Å². The molecule has 1 atom stereocenters. The fourth-order valence-electron chi connectivity index (χ4n) is 3.45. The van der Waals surface area contributed by atoms with E-state index in [1.54, 1.807) is 13.0 Å². The van der Waals surface area contributed by atoms with E-state index in [1.165, 1.54) is 28.5 Å². The molecule has 4 nitrogen and oxygen atoms in total. The molecule has 0 saturated carbocycles. The van der Waals surface area contributed by atoms with Crippen LogP contribution in [0.5, 0.6) is 0 Å². The van der Waals surface area contributed by atoms with Gasteiger partial charge in [0.2, 0.25) is 0 Å². The van der Waals surface area contributed by atoms with Gasteiger partial charge in [-0.25, -0.2) is 0 Å². The Hall–Kier alpha value is -1.23. The summed E-state index contributed by atoms with van der Waals surface area (Å²) in [4.78, 5) is 24.8. The van der Waals surface area contributed by atoms with Crippen molar-refractivity contribution in [1.82, 2.24) is 4.57 Å². The summed E-state index contributed by atoms with van der Waals surface area (Å²) in [5.41, 5.74) is -1.24. The van der Waals surface area contributed by atoms with E-state index >= 15 is 0 Å². The van der Waals surface area contributed by atoms with Crippen molar-refractivity contribution in [3.05, 3.63) is 40.2 Å². The number of carbonyl (C=O) groups is 1. The first-order chi connectivity index (χ1) is 15.2. The standard InChI is InChI=1S/C23H29F3INO3S/c1-3-10-18(27)22(30)31-13-7-5-6-8-14-32-19-15-20(29)28(4-2)21-16(19)11-9-12-17(21)23(24,25)26/h9,11-12,15,18H,3-8,10,13-14H2,1-2H3. The van der Waals surface area contributed by atoms with Crippen LogP contribution in [0.3, 0.4) is 0 Å². The third-order valence-electron chi connectivity index (χ3n) is 5.05. The number of thioether (sulfide) groups is 1. The number of aryl methyl sites for hydroxylation is 1. The Bertz CT molecular complexity index is 962. The molecular formula is C23H29F3INO3S. The SMILES string of the molecule is CCCC(I)C(=O)OCCCCCCSc1cc(=O)n(CC)c2c(C(F)(F)F)cccc12. The molecule has 0 amide bonds. The van der Waals surface area contributed by atoms with Crippen molar-refractivity contribution in [2.75, 3.05) is 12.4 Å². The third kappa shape index (κ3) is 7.40. The van der Waals surface area contributed by atoms with Crippen LogP contribution in [0.4, 0.5) is 13.2 Å². The predicted molar refractivity (Wildman–Crippen MR) is 132 cm³/mol. The van der Waals surface area contributed by atoms with Gasteiger partial charge in [0.25, 0.3) is 5.56 Å². The lowest BCUT2D eigenvalue weighted by Gasteiger charge is -2.17. The normalized spacial score (nSPS) is 12.8. The van der Waals surface area contributed by atoms with E-state index in [0.717, 1.165) is 44.6 Å². The molecule has 0 spiro atoms. The molecule has 1 heterocycles. The smallest absolute Gasteiger partial charge is 0.418 e. The van der Waals surface area contributed by atoms with Gasteiger partial charge in [-0.1, -0.05) is 60.9 Å². The molecule has 0 bridgehead atoms.